The largest absolute Gasteiger partial charge is 0.394 e. The lowest BCUT2D eigenvalue weighted by Crippen LogP contribution is -2.26. The number of nitrogen functional groups attached to an aromatic ring is 1. The first kappa shape index (κ1) is 47.7. The number of carbonyl (C=O) groups excluding carboxylic acids is 2. The number of amides is 2. The Balaban J connectivity index is 1.10. The average molecular weight is 922 g/mol. The van der Waals surface area contributed by atoms with Crippen LogP contribution in [0.5, 0.6) is 0 Å². The smallest absolute Gasteiger partial charge is 0.274 e. The summed E-state index contributed by atoms with van der Waals surface area (Å²) in [5.41, 5.74) is 8.90. The van der Waals surface area contributed by atoms with Crippen molar-refractivity contribution in [3.8, 4) is 0 Å². The molecule has 0 saturated heterocycles. The molecule has 3 N–H and O–H groups in total. The van der Waals surface area contributed by atoms with Crippen molar-refractivity contribution in [2.24, 2.45) is 11.8 Å². The van der Waals surface area contributed by atoms with E-state index in [1.165, 1.54) is 59.6 Å². The van der Waals surface area contributed by atoms with Crippen LogP contribution in [-0.4, -0.2) is 50.8 Å². The molecule has 0 spiro atoms. The lowest BCUT2D eigenvalue weighted by Gasteiger charge is -2.18. The predicted octanol–water partition coefficient (Wildman–Crippen LogP) is 8.77. The second-order valence-electron chi connectivity index (χ2n) is 16.7. The van der Waals surface area contributed by atoms with E-state index in [1.54, 1.807) is 32.1 Å². The third-order valence-corrected chi connectivity index (χ3v) is 12.1. The molecule has 0 aromatic carbocycles. The number of likely N-dealkylation sites (N-methyl/N-ethyl adjacent to an activating group) is 1. The Morgan fingerprint density at radius 2 is 1.45 bits per heavy atom. The van der Waals surface area contributed by atoms with Crippen LogP contribution in [0.3, 0.4) is 0 Å². The SMILES string of the molecule is Cc1c(Cn2cccc(NC(=O)CCC/C=C/C(=O)N(C)Cc3nc4c(C)c(Cn5cccc(N)c5=O)n(SF)c4c(CC(C)C)c3F)c2=O)n(SF)c2c(CC(C)C)c(F)cnc12. The van der Waals surface area contributed by atoms with Gasteiger partial charge in [0.05, 0.1) is 70.7 Å². The molecule has 6 aromatic rings. The molecule has 64 heavy (non-hydrogen) atoms. The normalized spacial score (nSPS) is 11.9. The van der Waals surface area contributed by atoms with E-state index >= 15 is 4.39 Å². The summed E-state index contributed by atoms with van der Waals surface area (Å²) >= 11 is -0.190. The second kappa shape index (κ2) is 20.3. The molecule has 0 radical (unpaired) electrons. The summed E-state index contributed by atoms with van der Waals surface area (Å²) in [7, 11) is 1.51. The maximum atomic E-state index is 16.3. The highest BCUT2D eigenvalue weighted by Crippen LogP contribution is 2.36. The van der Waals surface area contributed by atoms with Gasteiger partial charge >= 0.3 is 0 Å². The van der Waals surface area contributed by atoms with Gasteiger partial charge in [0, 0.05) is 37.0 Å². The Bertz CT molecular complexity index is 2890. The first-order valence-electron chi connectivity index (χ1n) is 20.8. The molecule has 0 aliphatic carbocycles. The van der Waals surface area contributed by atoms with Crippen molar-refractivity contribution in [2.75, 3.05) is 18.1 Å². The van der Waals surface area contributed by atoms with Crippen LogP contribution < -0.4 is 22.2 Å². The molecule has 6 aromatic heterocycles. The quantitative estimate of drug-likeness (QED) is 0.0489. The van der Waals surface area contributed by atoms with Gasteiger partial charge in [-0.05, 0) is 92.8 Å². The molecular formula is C45H51F4N9O4S2. The number of aryl methyl sites for hydroxylation is 2. The predicted molar refractivity (Wildman–Crippen MR) is 246 cm³/mol. The van der Waals surface area contributed by atoms with E-state index in [0.29, 0.717) is 63.9 Å². The minimum absolute atomic E-state index is 0.00262. The number of nitrogens with two attached hydrogens (primary N) is 1. The second-order valence-corrected chi connectivity index (χ2v) is 17.7. The van der Waals surface area contributed by atoms with E-state index < -0.39 is 34.6 Å². The molecule has 0 fully saturated rings. The van der Waals surface area contributed by atoms with Gasteiger partial charge in [-0.2, -0.15) is 0 Å². The number of hydrogen-bond acceptors (Lipinski definition) is 9. The monoisotopic (exact) mass is 921 g/mol. The summed E-state index contributed by atoms with van der Waals surface area (Å²) in [5, 5.41) is 2.65. The number of hydrogen-bond donors (Lipinski definition) is 2. The fourth-order valence-electron chi connectivity index (χ4n) is 7.78. The minimum atomic E-state index is -0.650. The van der Waals surface area contributed by atoms with E-state index in [1.807, 2.05) is 27.7 Å². The summed E-state index contributed by atoms with van der Waals surface area (Å²) in [6, 6.07) is 6.14. The Morgan fingerprint density at radius 1 is 0.875 bits per heavy atom. The number of fused-ring (bicyclic) bond motifs is 2. The topological polar surface area (TPSA) is 155 Å². The van der Waals surface area contributed by atoms with E-state index in [9.17, 15) is 31.3 Å². The zero-order valence-corrected chi connectivity index (χ0v) is 38.3. The van der Waals surface area contributed by atoms with Crippen molar-refractivity contribution in [1.29, 1.82) is 0 Å². The average Bonchev–Trinajstić information content (AvgIpc) is 3.67. The zero-order valence-electron chi connectivity index (χ0n) is 36.7. The number of halogens is 4. The zero-order chi connectivity index (χ0) is 46.6. The van der Waals surface area contributed by atoms with Gasteiger partial charge in [0.15, 0.2) is 30.5 Å². The molecule has 340 valence electrons. The number of nitrogens with zero attached hydrogens (tertiary/aromatic N) is 7. The number of pyridine rings is 4. The third kappa shape index (κ3) is 9.94. The number of nitrogens with one attached hydrogen (secondary N) is 1. The van der Waals surface area contributed by atoms with Gasteiger partial charge in [0.1, 0.15) is 11.5 Å². The highest BCUT2D eigenvalue weighted by atomic mass is 32.2. The Morgan fingerprint density at radius 3 is 2.08 bits per heavy atom. The van der Waals surface area contributed by atoms with Crippen molar-refractivity contribution in [2.45, 2.75) is 93.3 Å². The third-order valence-electron chi connectivity index (χ3n) is 11.0. The molecule has 2 amide bonds. The van der Waals surface area contributed by atoms with Gasteiger partial charge in [-0.3, -0.25) is 32.1 Å². The molecular weight excluding hydrogens is 871 g/mol. The molecule has 0 atom stereocenters. The summed E-state index contributed by atoms with van der Waals surface area (Å²) < 4.78 is 65.7. The fraction of sp³-hybridized carbons (Fsp3) is 0.378. The standard InChI is InChI=1S/C45H51F4N9O4S2/c1-25(2)19-29-31(46)21-51-40-27(5)35(57(63-48)42(29)40)24-56-18-12-14-33(45(56)62)52-37(59)15-9-8-10-16-38(60)54(7)22-34-39(47)30(20-26(3)4)43-41(53-34)28(6)36(58(43)64-49)23-55-17-11-13-32(50)44(55)61/h10-14,16-18,21,25-26H,8-9,15,19-20,22-24,50H2,1-7H3,(H,52,59)/b16-10+. The molecule has 13 nitrogen and oxygen atoms in total. The number of allylic oxidation sites excluding steroid dienone is 1. The van der Waals surface area contributed by atoms with Gasteiger partial charge in [0.2, 0.25) is 11.8 Å². The van der Waals surface area contributed by atoms with Crippen molar-refractivity contribution in [3.63, 3.8) is 0 Å². The van der Waals surface area contributed by atoms with E-state index in [-0.39, 0.29) is 97.1 Å². The lowest BCUT2D eigenvalue weighted by molar-refractivity contribution is -0.125. The van der Waals surface area contributed by atoms with Gasteiger partial charge in [0.25, 0.3) is 11.1 Å². The van der Waals surface area contributed by atoms with Crippen LogP contribution in [0.25, 0.3) is 22.1 Å². The van der Waals surface area contributed by atoms with Crippen LogP contribution in [0.1, 0.15) is 86.3 Å². The Labute approximate surface area is 376 Å². The van der Waals surface area contributed by atoms with Crippen LogP contribution in [0.2, 0.25) is 0 Å². The summed E-state index contributed by atoms with van der Waals surface area (Å²) in [6.07, 6.45) is 8.46. The van der Waals surface area contributed by atoms with Crippen molar-refractivity contribution >= 4 is 69.9 Å². The maximum Gasteiger partial charge on any atom is 0.274 e. The maximum absolute atomic E-state index is 16.3. The van der Waals surface area contributed by atoms with Crippen LogP contribution in [0.4, 0.5) is 27.9 Å². The first-order chi connectivity index (χ1) is 30.5. The fourth-order valence-corrected chi connectivity index (χ4v) is 8.87. The van der Waals surface area contributed by atoms with Crippen LogP contribution in [0, 0.1) is 37.3 Å². The summed E-state index contributed by atoms with van der Waals surface area (Å²) in [5.74, 6) is -1.96. The molecule has 6 rings (SSSR count). The van der Waals surface area contributed by atoms with Gasteiger partial charge in [-0.15, -0.1) is 7.77 Å². The molecule has 0 aliphatic heterocycles. The van der Waals surface area contributed by atoms with Crippen LogP contribution in [-0.2, 0) is 42.1 Å². The highest BCUT2D eigenvalue weighted by Gasteiger charge is 2.27. The van der Waals surface area contributed by atoms with E-state index in [0.717, 1.165) is 6.20 Å². The van der Waals surface area contributed by atoms with Crippen molar-refractivity contribution in [1.82, 2.24) is 31.9 Å². The van der Waals surface area contributed by atoms with Gasteiger partial charge < -0.3 is 25.1 Å². The highest BCUT2D eigenvalue weighted by molar-refractivity contribution is 7.93. The number of carbonyl (C=O) groups is 2. The van der Waals surface area contributed by atoms with E-state index in [2.05, 4.69) is 15.3 Å². The van der Waals surface area contributed by atoms with Crippen LogP contribution in [0.15, 0.2) is 64.6 Å². The Kier molecular flexibility index (Phi) is 15.2. The Hall–Kier alpha value is -5.82. The molecule has 0 unspecified atom stereocenters. The number of rotatable bonds is 18. The summed E-state index contributed by atoms with van der Waals surface area (Å²) in [4.78, 5) is 62.4. The van der Waals surface area contributed by atoms with Gasteiger partial charge in [-0.1, -0.05) is 33.8 Å². The molecule has 6 heterocycles. The minimum Gasteiger partial charge on any atom is -0.394 e. The molecule has 0 bridgehead atoms. The van der Waals surface area contributed by atoms with Crippen molar-refractivity contribution < 1.29 is 26.1 Å². The lowest BCUT2D eigenvalue weighted by atomic mass is 10.0. The molecule has 0 aliphatic rings. The number of aromatic nitrogens is 6. The number of unbranched alkanes of at least 4 members (excludes halogenated alkanes) is 1. The van der Waals surface area contributed by atoms with E-state index in [4.69, 9.17) is 5.73 Å². The molecule has 19 heteroatoms. The van der Waals surface area contributed by atoms with Crippen LogP contribution >= 0.6 is 24.7 Å². The first-order valence-corrected chi connectivity index (χ1v) is 22.1. The molecule has 0 saturated carbocycles. The van der Waals surface area contributed by atoms with Gasteiger partial charge in [-0.25, -0.2) is 13.8 Å². The number of anilines is 2. The van der Waals surface area contributed by atoms with Crippen molar-refractivity contribution in [3.05, 3.63) is 127 Å². The summed E-state index contributed by atoms with van der Waals surface area (Å²) in [6.45, 7) is 10.9.